The summed E-state index contributed by atoms with van der Waals surface area (Å²) in [5.74, 6) is 0.148. The number of benzene rings is 1. The molecule has 0 aliphatic heterocycles. The van der Waals surface area contributed by atoms with Crippen molar-refractivity contribution in [1.82, 2.24) is 0 Å². The van der Waals surface area contributed by atoms with Crippen LogP contribution in [-0.2, 0) is 11.2 Å². The topological polar surface area (TPSA) is 110 Å². The van der Waals surface area contributed by atoms with Gasteiger partial charge in [-0.1, -0.05) is 0 Å². The lowest BCUT2D eigenvalue weighted by Crippen LogP contribution is -2.32. The molecule has 0 saturated heterocycles. The van der Waals surface area contributed by atoms with E-state index in [-0.39, 0.29) is 12.2 Å². The number of phenols is 1. The normalized spacial score (nSPS) is 13.1. The average Bonchev–Trinajstić information content (AvgIpc) is 2.97. The van der Waals surface area contributed by atoms with Crippen LogP contribution in [0.2, 0.25) is 0 Å². The van der Waals surface area contributed by atoms with Crippen LogP contribution < -0.4 is 5.73 Å². The molecule has 2 aromatic heterocycles. The largest absolute Gasteiger partial charge is 0.504 e. The van der Waals surface area contributed by atoms with Gasteiger partial charge in [0.1, 0.15) is 23.1 Å². The van der Waals surface area contributed by atoms with Crippen LogP contribution in [0.1, 0.15) is 17.1 Å². The van der Waals surface area contributed by atoms with Gasteiger partial charge in [-0.15, -0.1) is 0 Å². The summed E-state index contributed by atoms with van der Waals surface area (Å²) in [7, 11) is 0. The second kappa shape index (κ2) is 4.53. The Kier molecular flexibility index (Phi) is 2.91. The van der Waals surface area contributed by atoms with Crippen molar-refractivity contribution in [1.29, 1.82) is 0 Å². The smallest absolute Gasteiger partial charge is 0.320 e. The quantitative estimate of drug-likeness (QED) is 0.683. The van der Waals surface area contributed by atoms with Gasteiger partial charge in [0.2, 0.25) is 0 Å². The van der Waals surface area contributed by atoms with Gasteiger partial charge in [-0.3, -0.25) is 4.79 Å². The molecule has 0 fully saturated rings. The molecule has 6 heteroatoms. The summed E-state index contributed by atoms with van der Waals surface area (Å²) < 4.78 is 11.1. The molecular formula is C15H15NO5. The number of hydrogen-bond donors (Lipinski definition) is 3. The van der Waals surface area contributed by atoms with Crippen molar-refractivity contribution in [2.45, 2.75) is 26.3 Å². The first-order valence-electron chi connectivity index (χ1n) is 6.51. The van der Waals surface area contributed by atoms with Gasteiger partial charge < -0.3 is 24.8 Å². The summed E-state index contributed by atoms with van der Waals surface area (Å²) in [6.07, 6.45) is 0.0918. The number of phenolic OH excluding ortho intramolecular Hbond substituents is 1. The zero-order valence-electron chi connectivity index (χ0n) is 11.6. The van der Waals surface area contributed by atoms with E-state index in [1.165, 1.54) is 0 Å². The molecule has 0 saturated carbocycles. The molecule has 1 atom stereocenters. The minimum absolute atomic E-state index is 0.00223. The number of hydrogen-bond acceptors (Lipinski definition) is 5. The van der Waals surface area contributed by atoms with Crippen LogP contribution >= 0.6 is 0 Å². The first-order valence-corrected chi connectivity index (χ1v) is 6.51. The molecule has 4 N–H and O–H groups in total. The average molecular weight is 289 g/mol. The van der Waals surface area contributed by atoms with E-state index < -0.39 is 12.0 Å². The minimum Gasteiger partial charge on any atom is -0.504 e. The van der Waals surface area contributed by atoms with E-state index in [9.17, 15) is 9.90 Å². The third-order valence-electron chi connectivity index (χ3n) is 3.52. The van der Waals surface area contributed by atoms with Crippen molar-refractivity contribution in [2.24, 2.45) is 5.73 Å². The molecule has 1 unspecified atom stereocenters. The number of carboxylic acid groups (broad SMARTS) is 1. The van der Waals surface area contributed by atoms with E-state index in [0.29, 0.717) is 39.0 Å². The number of aryl methyl sites for hydroxylation is 2. The number of carbonyl (C=O) groups is 1. The number of aliphatic carboxylic acids is 1. The van der Waals surface area contributed by atoms with Crippen LogP contribution in [0.3, 0.4) is 0 Å². The first-order chi connectivity index (χ1) is 9.88. The summed E-state index contributed by atoms with van der Waals surface area (Å²) in [6, 6.07) is 2.38. The molecule has 2 heterocycles. The monoisotopic (exact) mass is 289 g/mol. The Morgan fingerprint density at radius 3 is 2.38 bits per heavy atom. The molecule has 21 heavy (non-hydrogen) atoms. The highest BCUT2D eigenvalue weighted by Crippen LogP contribution is 2.40. The van der Waals surface area contributed by atoms with E-state index in [4.69, 9.17) is 19.7 Å². The van der Waals surface area contributed by atoms with Crippen LogP contribution in [0.15, 0.2) is 21.0 Å². The lowest BCUT2D eigenvalue weighted by Gasteiger charge is -2.09. The number of fused-ring (bicyclic) bond motifs is 2. The van der Waals surface area contributed by atoms with Gasteiger partial charge in [-0.2, -0.15) is 0 Å². The van der Waals surface area contributed by atoms with Crippen LogP contribution in [0.4, 0.5) is 0 Å². The Balaban J connectivity index is 2.36. The standard InChI is InChI=1S/C15H15NO5/c1-6-3-8-9(5-11(16)15(18)19)13-10(4-7(2)20-13)12(17)14(8)21-6/h3-4,11,17H,5,16H2,1-2H3,(H,18,19). The summed E-state index contributed by atoms with van der Waals surface area (Å²) in [5.41, 5.74) is 7.07. The Bertz CT molecular complexity index is 800. The molecule has 0 radical (unpaired) electrons. The van der Waals surface area contributed by atoms with Crippen LogP contribution in [0.5, 0.6) is 5.75 Å². The Morgan fingerprint density at radius 1 is 1.19 bits per heavy atom. The maximum atomic E-state index is 11.0. The van der Waals surface area contributed by atoms with Gasteiger partial charge >= 0.3 is 5.97 Å². The van der Waals surface area contributed by atoms with Crippen LogP contribution in [0, 0.1) is 13.8 Å². The number of nitrogens with two attached hydrogens (primary N) is 1. The molecule has 3 rings (SSSR count). The fourth-order valence-corrected chi connectivity index (χ4v) is 2.58. The number of aromatic hydroxyl groups is 1. The van der Waals surface area contributed by atoms with Gasteiger partial charge in [0.25, 0.3) is 0 Å². The summed E-state index contributed by atoms with van der Waals surface area (Å²) >= 11 is 0. The fourth-order valence-electron chi connectivity index (χ4n) is 2.58. The zero-order chi connectivity index (χ0) is 15.3. The molecule has 110 valence electrons. The molecule has 0 aliphatic carbocycles. The maximum Gasteiger partial charge on any atom is 0.320 e. The van der Waals surface area contributed by atoms with Crippen molar-refractivity contribution >= 4 is 27.9 Å². The summed E-state index contributed by atoms with van der Waals surface area (Å²) in [4.78, 5) is 11.0. The number of rotatable bonds is 3. The van der Waals surface area contributed by atoms with Gasteiger partial charge in [-0.25, -0.2) is 0 Å². The van der Waals surface area contributed by atoms with Crippen LogP contribution in [0.25, 0.3) is 21.9 Å². The number of carboxylic acids is 1. The van der Waals surface area contributed by atoms with Crippen molar-refractivity contribution < 1.29 is 23.8 Å². The molecule has 1 aromatic carbocycles. The zero-order valence-corrected chi connectivity index (χ0v) is 11.6. The predicted molar refractivity (Wildman–Crippen MR) is 76.4 cm³/mol. The Hall–Kier alpha value is -2.47. The van der Waals surface area contributed by atoms with Crippen LogP contribution in [-0.4, -0.2) is 22.2 Å². The number of furan rings is 2. The highest BCUT2D eigenvalue weighted by molar-refractivity contribution is 6.04. The molecule has 0 bridgehead atoms. The molecular weight excluding hydrogens is 274 g/mol. The summed E-state index contributed by atoms with van der Waals surface area (Å²) in [5, 5.41) is 20.5. The third-order valence-corrected chi connectivity index (χ3v) is 3.52. The van der Waals surface area contributed by atoms with Crippen molar-refractivity contribution in [3.63, 3.8) is 0 Å². The van der Waals surface area contributed by atoms with E-state index in [1.54, 1.807) is 26.0 Å². The van der Waals surface area contributed by atoms with Gasteiger partial charge in [0.05, 0.1) is 5.39 Å². The minimum atomic E-state index is -1.09. The second-order valence-corrected chi connectivity index (χ2v) is 5.18. The van der Waals surface area contributed by atoms with Gasteiger partial charge in [0, 0.05) is 17.4 Å². The first kappa shape index (κ1) is 13.5. The fraction of sp³-hybridized carbons (Fsp3) is 0.267. The molecule has 0 spiro atoms. The molecule has 0 amide bonds. The van der Waals surface area contributed by atoms with E-state index in [1.807, 2.05) is 0 Å². The second-order valence-electron chi connectivity index (χ2n) is 5.18. The van der Waals surface area contributed by atoms with Crippen molar-refractivity contribution in [2.75, 3.05) is 0 Å². The van der Waals surface area contributed by atoms with E-state index in [2.05, 4.69) is 0 Å². The third kappa shape index (κ3) is 2.04. The summed E-state index contributed by atoms with van der Waals surface area (Å²) in [6.45, 7) is 3.51. The predicted octanol–water partition coefficient (Wildman–Crippen LogP) is 2.46. The molecule has 3 aromatic rings. The molecule has 6 nitrogen and oxygen atoms in total. The maximum absolute atomic E-state index is 11.0. The molecule has 0 aliphatic rings. The highest BCUT2D eigenvalue weighted by Gasteiger charge is 2.23. The highest BCUT2D eigenvalue weighted by atomic mass is 16.4. The van der Waals surface area contributed by atoms with Crippen molar-refractivity contribution in [3.8, 4) is 5.75 Å². The lowest BCUT2D eigenvalue weighted by atomic mass is 9.99. The Morgan fingerprint density at radius 2 is 1.76 bits per heavy atom. The SMILES string of the molecule is Cc1cc2c(CC(N)C(=O)O)c3oc(C)cc3c(O)c2o1. The van der Waals surface area contributed by atoms with E-state index >= 15 is 0 Å². The van der Waals surface area contributed by atoms with Gasteiger partial charge in [0.15, 0.2) is 11.3 Å². The van der Waals surface area contributed by atoms with Gasteiger partial charge in [-0.05, 0) is 26.0 Å². The Labute approximate surface area is 119 Å². The van der Waals surface area contributed by atoms with Crippen molar-refractivity contribution in [3.05, 3.63) is 29.2 Å². The lowest BCUT2D eigenvalue weighted by molar-refractivity contribution is -0.138. The van der Waals surface area contributed by atoms with E-state index in [0.717, 1.165) is 0 Å².